The molecule has 0 radical (unpaired) electrons. The summed E-state index contributed by atoms with van der Waals surface area (Å²) in [6.07, 6.45) is 8.25. The second-order valence-electron chi connectivity index (χ2n) is 7.74. The van der Waals surface area contributed by atoms with E-state index in [2.05, 4.69) is 41.4 Å². The first-order valence-corrected chi connectivity index (χ1v) is 11.9. The lowest BCUT2D eigenvalue weighted by atomic mass is 9.82. The van der Waals surface area contributed by atoms with E-state index < -0.39 is 0 Å². The molecular weight excluding hydrogens is 441 g/mol. The van der Waals surface area contributed by atoms with Gasteiger partial charge in [-0.1, -0.05) is 17.7 Å². The van der Waals surface area contributed by atoms with Crippen LogP contribution >= 0.6 is 34.8 Å². The Morgan fingerprint density at radius 3 is 2.67 bits per heavy atom. The molecule has 1 aromatic carbocycles. The van der Waals surface area contributed by atoms with Crippen LogP contribution in [0.25, 0.3) is 0 Å². The highest BCUT2D eigenvalue weighted by Crippen LogP contribution is 2.36. The highest BCUT2D eigenvalue weighted by molar-refractivity contribution is 6.31. The fourth-order valence-electron chi connectivity index (χ4n) is 4.03. The molecule has 0 spiro atoms. The van der Waals surface area contributed by atoms with Crippen LogP contribution in [0.1, 0.15) is 25.3 Å². The number of ether oxygens (including phenoxy) is 1. The zero-order valence-corrected chi connectivity index (χ0v) is 19.9. The molecule has 1 heterocycles. The van der Waals surface area contributed by atoms with E-state index >= 15 is 0 Å². The standard InChI is InChI=1S/C23H30Cl3N3O/c1-16(4-3-11-29(12-9-24)13-10-25)27-23-19-7-5-17(26)14-22(19)28-21-8-6-18(30-2)15-20(21)23/h5-8,14-16,19,22,28H,3-4,9-13H2,1-2H3. The van der Waals surface area contributed by atoms with E-state index in [9.17, 15) is 0 Å². The number of allylic oxidation sites excluding steroid dienone is 2. The van der Waals surface area contributed by atoms with Gasteiger partial charge in [0.2, 0.25) is 0 Å². The maximum atomic E-state index is 6.27. The molecular formula is C23H30Cl3N3O. The Balaban J connectivity index is 1.77. The molecule has 4 nitrogen and oxygen atoms in total. The van der Waals surface area contributed by atoms with Crippen molar-refractivity contribution < 1.29 is 4.74 Å². The fraction of sp³-hybridized carbons (Fsp3) is 0.522. The molecule has 0 saturated heterocycles. The molecule has 3 rings (SSSR count). The quantitative estimate of drug-likeness (QED) is 0.456. The molecule has 7 heteroatoms. The Morgan fingerprint density at radius 2 is 1.97 bits per heavy atom. The van der Waals surface area contributed by atoms with Gasteiger partial charge in [-0.2, -0.15) is 0 Å². The zero-order chi connectivity index (χ0) is 21.5. The number of rotatable bonds is 10. The fourth-order valence-corrected chi connectivity index (χ4v) is 4.71. The Labute approximate surface area is 194 Å². The lowest BCUT2D eigenvalue weighted by Gasteiger charge is -2.35. The second-order valence-corrected chi connectivity index (χ2v) is 8.94. The van der Waals surface area contributed by atoms with Crippen molar-refractivity contribution in [3.05, 3.63) is 47.0 Å². The number of alkyl halides is 2. The number of methoxy groups -OCH3 is 1. The van der Waals surface area contributed by atoms with Crippen LogP contribution in [-0.2, 0) is 0 Å². The Hall–Kier alpha value is -1.20. The Bertz CT molecular complexity index is 803. The molecule has 0 fully saturated rings. The van der Waals surface area contributed by atoms with Crippen LogP contribution in [0.3, 0.4) is 0 Å². The van der Waals surface area contributed by atoms with E-state index in [-0.39, 0.29) is 18.0 Å². The first kappa shape index (κ1) is 23.5. The number of anilines is 1. The minimum atomic E-state index is 0.109. The van der Waals surface area contributed by atoms with Gasteiger partial charge in [0, 0.05) is 53.1 Å². The van der Waals surface area contributed by atoms with Crippen molar-refractivity contribution in [2.45, 2.75) is 31.8 Å². The van der Waals surface area contributed by atoms with Gasteiger partial charge in [-0.25, -0.2) is 0 Å². The van der Waals surface area contributed by atoms with Crippen molar-refractivity contribution in [3.63, 3.8) is 0 Å². The molecule has 0 saturated carbocycles. The predicted octanol–water partition coefficient (Wildman–Crippen LogP) is 5.54. The highest BCUT2D eigenvalue weighted by atomic mass is 35.5. The molecule has 2 aliphatic rings. The lowest BCUT2D eigenvalue weighted by Crippen LogP contribution is -2.39. The van der Waals surface area contributed by atoms with Crippen molar-refractivity contribution in [3.8, 4) is 5.75 Å². The molecule has 1 aromatic rings. The van der Waals surface area contributed by atoms with Crippen molar-refractivity contribution in [1.82, 2.24) is 4.90 Å². The molecule has 0 bridgehead atoms. The van der Waals surface area contributed by atoms with Crippen LogP contribution in [0, 0.1) is 5.92 Å². The molecule has 1 N–H and O–H groups in total. The highest BCUT2D eigenvalue weighted by Gasteiger charge is 2.33. The summed E-state index contributed by atoms with van der Waals surface area (Å²) in [5.74, 6) is 2.25. The molecule has 1 aliphatic heterocycles. The molecule has 0 aromatic heterocycles. The van der Waals surface area contributed by atoms with E-state index in [1.54, 1.807) is 7.11 Å². The number of hydrogen-bond acceptors (Lipinski definition) is 4. The SMILES string of the molecule is COc1ccc2c(c1)C(=NC(C)CCCN(CCCl)CCCl)C1C=CC(Cl)=CC1N2. The molecule has 1 aliphatic carbocycles. The number of hydrogen-bond donors (Lipinski definition) is 1. The van der Waals surface area contributed by atoms with E-state index in [1.807, 2.05) is 12.1 Å². The van der Waals surface area contributed by atoms with Crippen molar-refractivity contribution in [1.29, 1.82) is 0 Å². The van der Waals surface area contributed by atoms with Gasteiger partial charge in [0.1, 0.15) is 5.75 Å². The third-order valence-electron chi connectivity index (χ3n) is 5.59. The normalized spacial score (nSPS) is 22.3. The average Bonchev–Trinajstić information content (AvgIpc) is 2.73. The van der Waals surface area contributed by atoms with Crippen LogP contribution in [0.2, 0.25) is 0 Å². The van der Waals surface area contributed by atoms with Crippen molar-refractivity contribution in [2.75, 3.05) is 43.8 Å². The van der Waals surface area contributed by atoms with Gasteiger partial charge in [-0.3, -0.25) is 4.99 Å². The number of benzene rings is 1. The Morgan fingerprint density at radius 1 is 1.20 bits per heavy atom. The van der Waals surface area contributed by atoms with Crippen LogP contribution < -0.4 is 10.1 Å². The summed E-state index contributed by atoms with van der Waals surface area (Å²) in [6, 6.07) is 6.42. The third kappa shape index (κ3) is 5.94. The molecule has 3 unspecified atom stereocenters. The summed E-state index contributed by atoms with van der Waals surface area (Å²) in [7, 11) is 1.69. The molecule has 164 valence electrons. The summed E-state index contributed by atoms with van der Waals surface area (Å²) < 4.78 is 5.46. The van der Waals surface area contributed by atoms with Crippen LogP contribution in [0.5, 0.6) is 5.75 Å². The smallest absolute Gasteiger partial charge is 0.119 e. The maximum Gasteiger partial charge on any atom is 0.119 e. The minimum absolute atomic E-state index is 0.109. The zero-order valence-electron chi connectivity index (χ0n) is 17.6. The van der Waals surface area contributed by atoms with Crippen molar-refractivity contribution >= 4 is 46.2 Å². The first-order chi connectivity index (χ1) is 14.5. The number of fused-ring (bicyclic) bond motifs is 2. The summed E-state index contributed by atoms with van der Waals surface area (Å²) in [5.41, 5.74) is 3.26. The van der Waals surface area contributed by atoms with Gasteiger partial charge in [0.25, 0.3) is 0 Å². The summed E-state index contributed by atoms with van der Waals surface area (Å²) in [4.78, 5) is 7.49. The Kier molecular flexibility index (Phi) is 8.94. The summed E-state index contributed by atoms with van der Waals surface area (Å²) in [5, 5.41) is 4.35. The number of aliphatic imine (C=N–C) groups is 1. The number of nitrogens with one attached hydrogen (secondary N) is 1. The number of nitrogens with zero attached hydrogens (tertiary/aromatic N) is 2. The third-order valence-corrected chi connectivity index (χ3v) is 6.18. The van der Waals surface area contributed by atoms with Gasteiger partial charge < -0.3 is 15.0 Å². The van der Waals surface area contributed by atoms with E-state index in [0.29, 0.717) is 11.8 Å². The lowest BCUT2D eigenvalue weighted by molar-refractivity contribution is 0.297. The van der Waals surface area contributed by atoms with Gasteiger partial charge in [-0.05, 0) is 56.7 Å². The second kappa shape index (κ2) is 11.4. The van der Waals surface area contributed by atoms with E-state index in [1.165, 1.54) is 0 Å². The van der Waals surface area contributed by atoms with Crippen LogP contribution in [0.4, 0.5) is 5.69 Å². The first-order valence-electron chi connectivity index (χ1n) is 10.5. The van der Waals surface area contributed by atoms with Gasteiger partial charge >= 0.3 is 0 Å². The average molecular weight is 471 g/mol. The predicted molar refractivity (Wildman–Crippen MR) is 130 cm³/mol. The van der Waals surface area contributed by atoms with Gasteiger partial charge in [0.15, 0.2) is 0 Å². The van der Waals surface area contributed by atoms with E-state index in [4.69, 9.17) is 44.5 Å². The largest absolute Gasteiger partial charge is 0.497 e. The van der Waals surface area contributed by atoms with Gasteiger partial charge in [0.05, 0.1) is 18.9 Å². The topological polar surface area (TPSA) is 36.9 Å². The molecule has 3 atom stereocenters. The monoisotopic (exact) mass is 469 g/mol. The molecule has 30 heavy (non-hydrogen) atoms. The van der Waals surface area contributed by atoms with Crippen molar-refractivity contribution in [2.24, 2.45) is 10.9 Å². The summed E-state index contributed by atoms with van der Waals surface area (Å²) in [6.45, 7) is 4.92. The van der Waals surface area contributed by atoms with Crippen LogP contribution in [-0.4, -0.2) is 61.2 Å². The van der Waals surface area contributed by atoms with Gasteiger partial charge in [-0.15, -0.1) is 23.2 Å². The maximum absolute atomic E-state index is 6.27. The minimum Gasteiger partial charge on any atom is -0.497 e. The number of halogens is 3. The van der Waals surface area contributed by atoms with E-state index in [0.717, 1.165) is 60.2 Å². The molecule has 0 amide bonds. The van der Waals surface area contributed by atoms with Crippen LogP contribution in [0.15, 0.2) is 46.5 Å². The summed E-state index contributed by atoms with van der Waals surface area (Å²) >= 11 is 18.1.